The van der Waals surface area contributed by atoms with Crippen LogP contribution in [0.25, 0.3) is 0 Å². The summed E-state index contributed by atoms with van der Waals surface area (Å²) in [5.74, 6) is 0.367. The zero-order chi connectivity index (χ0) is 13.1. The zero-order valence-corrected chi connectivity index (χ0v) is 10.5. The molecule has 1 fully saturated rings. The first-order valence-corrected chi connectivity index (χ1v) is 6.42. The third kappa shape index (κ3) is 2.80. The monoisotopic (exact) mass is 271 g/mol. The zero-order valence-electron chi connectivity index (χ0n) is 9.71. The fourth-order valence-corrected chi connectivity index (χ4v) is 2.38. The van der Waals surface area contributed by atoms with Crippen molar-refractivity contribution in [3.8, 4) is 5.75 Å². The highest BCUT2D eigenvalue weighted by Crippen LogP contribution is 2.23. The maximum absolute atomic E-state index is 11.2. The van der Waals surface area contributed by atoms with E-state index in [1.807, 2.05) is 0 Å². The third-order valence-corrected chi connectivity index (χ3v) is 3.33. The standard InChI is InChI=1S/C11H13NO5S/c1-16-9-3-2-7(5-10(9)18(14)15)4-8-6-17-11(13)12-8/h2-3,5,8H,4,6H2,1H3,(H,12,13)(H,14,15)/t8-/m0/s1. The number of hydrogen-bond donors (Lipinski definition) is 2. The van der Waals surface area contributed by atoms with Gasteiger partial charge in [0.25, 0.3) is 0 Å². The van der Waals surface area contributed by atoms with E-state index in [0.717, 1.165) is 5.56 Å². The smallest absolute Gasteiger partial charge is 0.407 e. The van der Waals surface area contributed by atoms with Crippen LogP contribution in [0.5, 0.6) is 5.75 Å². The Labute approximate surface area is 107 Å². The van der Waals surface area contributed by atoms with Crippen LogP contribution in [0.15, 0.2) is 23.1 Å². The predicted octanol–water partition coefficient (Wildman–Crippen LogP) is 0.927. The first-order valence-electron chi connectivity index (χ1n) is 5.31. The molecule has 1 unspecified atom stereocenters. The largest absolute Gasteiger partial charge is 0.495 e. The molecule has 0 bridgehead atoms. The van der Waals surface area contributed by atoms with Crippen LogP contribution in [0.2, 0.25) is 0 Å². The molecule has 2 rings (SSSR count). The fourth-order valence-electron chi connectivity index (χ4n) is 1.81. The number of alkyl carbamates (subject to hydrolysis) is 1. The summed E-state index contributed by atoms with van der Waals surface area (Å²) in [7, 11) is 1.44. The fraction of sp³-hybridized carbons (Fsp3) is 0.364. The van der Waals surface area contributed by atoms with Crippen LogP contribution < -0.4 is 10.1 Å². The molecule has 7 heteroatoms. The van der Waals surface area contributed by atoms with Gasteiger partial charge in [0.15, 0.2) is 11.1 Å². The summed E-state index contributed by atoms with van der Waals surface area (Å²) in [6.45, 7) is 0.308. The highest BCUT2D eigenvalue weighted by Gasteiger charge is 2.22. The number of carbonyl (C=O) groups excluding carboxylic acids is 1. The Morgan fingerprint density at radius 1 is 1.61 bits per heavy atom. The summed E-state index contributed by atoms with van der Waals surface area (Å²) in [5.41, 5.74) is 0.837. The summed E-state index contributed by atoms with van der Waals surface area (Å²) in [6, 6.07) is 4.92. The molecule has 2 N–H and O–H groups in total. The van der Waals surface area contributed by atoms with Gasteiger partial charge in [0.2, 0.25) is 0 Å². The highest BCUT2D eigenvalue weighted by atomic mass is 32.2. The van der Waals surface area contributed by atoms with Crippen LogP contribution in [-0.2, 0) is 22.2 Å². The van der Waals surface area contributed by atoms with E-state index < -0.39 is 17.2 Å². The van der Waals surface area contributed by atoms with Crippen molar-refractivity contribution < 1.29 is 23.0 Å². The summed E-state index contributed by atoms with van der Waals surface area (Å²) >= 11 is -2.10. The van der Waals surface area contributed by atoms with Crippen molar-refractivity contribution in [2.45, 2.75) is 17.4 Å². The Bertz CT molecular complexity index is 490. The van der Waals surface area contributed by atoms with E-state index in [4.69, 9.17) is 14.0 Å². The summed E-state index contributed by atoms with van der Waals surface area (Å²) in [4.78, 5) is 11.1. The van der Waals surface area contributed by atoms with Crippen molar-refractivity contribution in [1.82, 2.24) is 5.32 Å². The van der Waals surface area contributed by atoms with Gasteiger partial charge in [-0.3, -0.25) is 0 Å². The number of rotatable bonds is 4. The Balaban J connectivity index is 2.16. The number of ether oxygens (including phenoxy) is 2. The number of carbonyl (C=O) groups is 1. The molecule has 18 heavy (non-hydrogen) atoms. The number of cyclic esters (lactones) is 1. The normalized spacial score (nSPS) is 20.1. The first-order chi connectivity index (χ1) is 8.60. The molecule has 1 heterocycles. The topological polar surface area (TPSA) is 84.9 Å². The van der Waals surface area contributed by atoms with E-state index in [2.05, 4.69) is 5.32 Å². The molecule has 0 radical (unpaired) electrons. The van der Waals surface area contributed by atoms with Crippen LogP contribution in [-0.4, -0.2) is 34.6 Å². The number of methoxy groups -OCH3 is 1. The summed E-state index contributed by atoms with van der Waals surface area (Å²) < 4.78 is 30.1. The first kappa shape index (κ1) is 12.8. The van der Waals surface area contributed by atoms with E-state index in [-0.39, 0.29) is 10.9 Å². The molecule has 6 nitrogen and oxygen atoms in total. The van der Waals surface area contributed by atoms with Crippen molar-refractivity contribution in [1.29, 1.82) is 0 Å². The molecule has 1 saturated heterocycles. The van der Waals surface area contributed by atoms with E-state index >= 15 is 0 Å². The Morgan fingerprint density at radius 3 is 2.94 bits per heavy atom. The van der Waals surface area contributed by atoms with E-state index in [1.54, 1.807) is 18.2 Å². The predicted molar refractivity (Wildman–Crippen MR) is 64.0 cm³/mol. The Hall–Kier alpha value is -1.60. The summed E-state index contributed by atoms with van der Waals surface area (Å²) in [6.07, 6.45) is 0.111. The van der Waals surface area contributed by atoms with Crippen LogP contribution in [0.4, 0.5) is 4.79 Å². The molecule has 1 aromatic rings. The van der Waals surface area contributed by atoms with Crippen molar-refractivity contribution in [3.63, 3.8) is 0 Å². The van der Waals surface area contributed by atoms with Gasteiger partial charge in [-0.15, -0.1) is 0 Å². The van der Waals surface area contributed by atoms with Gasteiger partial charge in [-0.25, -0.2) is 9.00 Å². The van der Waals surface area contributed by atoms with Gasteiger partial charge in [-0.1, -0.05) is 6.07 Å². The van der Waals surface area contributed by atoms with Crippen LogP contribution >= 0.6 is 0 Å². The minimum Gasteiger partial charge on any atom is -0.495 e. The van der Waals surface area contributed by atoms with Gasteiger partial charge in [0.05, 0.1) is 13.2 Å². The van der Waals surface area contributed by atoms with Gasteiger partial charge in [0, 0.05) is 0 Å². The molecule has 0 spiro atoms. The molecule has 1 amide bonds. The minimum absolute atomic E-state index is 0.106. The number of amides is 1. The molecule has 2 atom stereocenters. The minimum atomic E-state index is -2.10. The van der Waals surface area contributed by atoms with Gasteiger partial charge in [-0.05, 0) is 24.1 Å². The average molecular weight is 271 g/mol. The van der Waals surface area contributed by atoms with Gasteiger partial charge < -0.3 is 19.3 Å². The molecule has 0 saturated carbocycles. The summed E-state index contributed by atoms with van der Waals surface area (Å²) in [5, 5.41) is 2.65. The van der Waals surface area contributed by atoms with Crippen LogP contribution in [0.3, 0.4) is 0 Å². The average Bonchev–Trinajstić information content (AvgIpc) is 2.74. The number of nitrogens with one attached hydrogen (secondary N) is 1. The van der Waals surface area contributed by atoms with Crippen molar-refractivity contribution in [3.05, 3.63) is 23.8 Å². The molecule has 1 aromatic carbocycles. The van der Waals surface area contributed by atoms with Crippen molar-refractivity contribution in [2.24, 2.45) is 0 Å². The maximum atomic E-state index is 11.2. The van der Waals surface area contributed by atoms with Crippen LogP contribution in [0.1, 0.15) is 5.56 Å². The lowest BCUT2D eigenvalue weighted by atomic mass is 10.1. The van der Waals surface area contributed by atoms with E-state index in [1.165, 1.54) is 7.11 Å². The van der Waals surface area contributed by atoms with E-state index in [0.29, 0.717) is 18.8 Å². The van der Waals surface area contributed by atoms with Gasteiger partial charge in [-0.2, -0.15) is 0 Å². The van der Waals surface area contributed by atoms with Crippen molar-refractivity contribution >= 4 is 17.2 Å². The second-order valence-corrected chi connectivity index (χ2v) is 4.82. The lowest BCUT2D eigenvalue weighted by molar-refractivity contribution is 0.177. The lowest BCUT2D eigenvalue weighted by Gasteiger charge is -2.10. The molecule has 0 aromatic heterocycles. The second kappa shape index (κ2) is 5.36. The van der Waals surface area contributed by atoms with Crippen molar-refractivity contribution in [2.75, 3.05) is 13.7 Å². The number of benzene rings is 1. The van der Waals surface area contributed by atoms with E-state index in [9.17, 15) is 9.00 Å². The quantitative estimate of drug-likeness (QED) is 0.796. The molecule has 98 valence electrons. The highest BCUT2D eigenvalue weighted by molar-refractivity contribution is 7.79. The molecule has 1 aliphatic rings. The Morgan fingerprint density at radius 2 is 2.39 bits per heavy atom. The Kier molecular flexibility index (Phi) is 3.83. The SMILES string of the molecule is COc1ccc(C[C@H]2COC(=O)N2)cc1S(=O)O. The number of hydrogen-bond acceptors (Lipinski definition) is 4. The molecular formula is C11H13NO5S. The maximum Gasteiger partial charge on any atom is 0.407 e. The van der Waals surface area contributed by atoms with Gasteiger partial charge >= 0.3 is 6.09 Å². The van der Waals surface area contributed by atoms with Crippen LogP contribution in [0, 0.1) is 0 Å². The molecule has 1 aliphatic heterocycles. The van der Waals surface area contributed by atoms with Gasteiger partial charge in [0.1, 0.15) is 17.3 Å². The lowest BCUT2D eigenvalue weighted by Crippen LogP contribution is -2.28. The molecule has 0 aliphatic carbocycles. The third-order valence-electron chi connectivity index (χ3n) is 2.64. The second-order valence-electron chi connectivity index (χ2n) is 3.88. The molecular weight excluding hydrogens is 258 g/mol.